The summed E-state index contributed by atoms with van der Waals surface area (Å²) < 4.78 is 22.8. The summed E-state index contributed by atoms with van der Waals surface area (Å²) >= 11 is 0. The molecule has 28 heavy (non-hydrogen) atoms. The van der Waals surface area contributed by atoms with Crippen LogP contribution >= 0.6 is 7.60 Å². The Kier molecular flexibility index (Phi) is 8.25. The largest absolute Gasteiger partial charge is 0.507 e. The van der Waals surface area contributed by atoms with Gasteiger partial charge in [0, 0.05) is 22.9 Å². The third-order valence-electron chi connectivity index (χ3n) is 4.36. The van der Waals surface area contributed by atoms with Gasteiger partial charge in [-0.3, -0.25) is 9.36 Å². The Morgan fingerprint density at radius 3 is 1.93 bits per heavy atom. The van der Waals surface area contributed by atoms with E-state index in [9.17, 15) is 14.5 Å². The lowest BCUT2D eigenvalue weighted by atomic mass is 9.78. The number of benzene rings is 1. The Balaban J connectivity index is 3.12. The Morgan fingerprint density at radius 2 is 1.54 bits per heavy atom. The first kappa shape index (κ1) is 24.6. The van der Waals surface area contributed by atoms with Crippen LogP contribution in [0.2, 0.25) is 0 Å². The molecule has 1 atom stereocenters. The molecule has 0 aliphatic heterocycles. The van der Waals surface area contributed by atoms with Crippen molar-refractivity contribution < 1.29 is 23.5 Å². The number of phenolic OH excluding ortho intramolecular Hbond substituents is 1. The van der Waals surface area contributed by atoms with E-state index in [-0.39, 0.29) is 35.1 Å². The molecular weight excluding hydrogens is 375 g/mol. The highest BCUT2D eigenvalue weighted by Gasteiger charge is 2.27. The van der Waals surface area contributed by atoms with E-state index in [2.05, 4.69) is 0 Å². The predicted octanol–water partition coefficient (Wildman–Crippen LogP) is 5.99. The second kappa shape index (κ2) is 9.39. The van der Waals surface area contributed by atoms with E-state index in [1.54, 1.807) is 32.1 Å². The summed E-state index contributed by atoms with van der Waals surface area (Å²) in [5.41, 5.74) is 1.36. The predicted molar refractivity (Wildman–Crippen MR) is 115 cm³/mol. The standard InChI is InChI=1S/C22H35O5P/c1-9-26-28(25,10-2)27-13-11-12-19(23)16-14-17(21(3,4)5)20(24)18(15-16)22(6,7)8/h11-12,14-15,24H,9-10,13H2,1-8H3. The van der Waals surface area contributed by atoms with Crippen LogP contribution in [0.15, 0.2) is 24.3 Å². The van der Waals surface area contributed by atoms with Gasteiger partial charge in [-0.25, -0.2) is 0 Å². The molecule has 0 bridgehead atoms. The summed E-state index contributed by atoms with van der Waals surface area (Å²) in [7, 11) is -3.09. The van der Waals surface area contributed by atoms with Gasteiger partial charge >= 0.3 is 7.60 Å². The molecule has 1 aromatic carbocycles. The first-order valence-corrected chi connectivity index (χ1v) is 11.4. The van der Waals surface area contributed by atoms with E-state index in [0.29, 0.717) is 12.2 Å². The first-order valence-electron chi connectivity index (χ1n) is 9.72. The number of aromatic hydroxyl groups is 1. The monoisotopic (exact) mass is 410 g/mol. The smallest absolute Gasteiger partial charge is 0.330 e. The molecule has 0 heterocycles. The second-order valence-corrected chi connectivity index (χ2v) is 11.2. The maximum atomic E-state index is 12.7. The van der Waals surface area contributed by atoms with Crippen LogP contribution in [0.5, 0.6) is 5.75 Å². The summed E-state index contributed by atoms with van der Waals surface area (Å²) in [5, 5.41) is 10.8. The summed E-state index contributed by atoms with van der Waals surface area (Å²) in [6.07, 6.45) is 3.24. The number of rotatable bonds is 8. The molecule has 0 fully saturated rings. The van der Waals surface area contributed by atoms with Crippen LogP contribution in [0.25, 0.3) is 0 Å². The lowest BCUT2D eigenvalue weighted by molar-refractivity contribution is 0.104. The molecule has 0 aliphatic rings. The van der Waals surface area contributed by atoms with E-state index in [0.717, 1.165) is 11.1 Å². The third kappa shape index (κ3) is 6.58. The zero-order chi connectivity index (χ0) is 21.8. The third-order valence-corrected chi connectivity index (χ3v) is 6.33. The Hall–Kier alpha value is -1.42. The number of carbonyl (C=O) groups is 1. The van der Waals surface area contributed by atoms with Gasteiger partial charge in [0.1, 0.15) is 5.75 Å². The van der Waals surface area contributed by atoms with Crippen molar-refractivity contribution in [2.24, 2.45) is 0 Å². The summed E-state index contributed by atoms with van der Waals surface area (Å²) in [4.78, 5) is 12.7. The Bertz CT molecular complexity index is 731. The zero-order valence-corrected chi connectivity index (χ0v) is 19.4. The van der Waals surface area contributed by atoms with E-state index >= 15 is 0 Å². The van der Waals surface area contributed by atoms with Gasteiger partial charge in [0.25, 0.3) is 0 Å². The van der Waals surface area contributed by atoms with Crippen molar-refractivity contribution in [3.63, 3.8) is 0 Å². The molecule has 0 aromatic heterocycles. The molecule has 0 saturated heterocycles. The molecule has 0 spiro atoms. The second-order valence-electron chi connectivity index (χ2n) is 8.83. The number of phenols is 1. The minimum atomic E-state index is -3.09. The fourth-order valence-electron chi connectivity index (χ4n) is 2.74. The molecule has 0 saturated carbocycles. The maximum Gasteiger partial charge on any atom is 0.330 e. The Labute approximate surface area is 169 Å². The van der Waals surface area contributed by atoms with Gasteiger partial charge in [0.05, 0.1) is 13.2 Å². The van der Waals surface area contributed by atoms with Crippen LogP contribution in [0.1, 0.15) is 76.9 Å². The number of carbonyl (C=O) groups excluding carboxylic acids is 1. The van der Waals surface area contributed by atoms with Gasteiger partial charge in [0.2, 0.25) is 0 Å². The fraction of sp³-hybridized carbons (Fsp3) is 0.591. The number of ketones is 1. The van der Waals surface area contributed by atoms with E-state index in [1.807, 2.05) is 41.5 Å². The van der Waals surface area contributed by atoms with E-state index in [1.165, 1.54) is 6.08 Å². The fourth-order valence-corrected chi connectivity index (χ4v) is 3.89. The quantitative estimate of drug-likeness (QED) is 0.324. The summed E-state index contributed by atoms with van der Waals surface area (Å²) in [6, 6.07) is 3.49. The van der Waals surface area contributed by atoms with E-state index in [4.69, 9.17) is 9.05 Å². The maximum absolute atomic E-state index is 12.7. The molecule has 1 N–H and O–H groups in total. The lowest BCUT2D eigenvalue weighted by Gasteiger charge is -2.27. The molecule has 0 radical (unpaired) electrons. The zero-order valence-electron chi connectivity index (χ0n) is 18.5. The lowest BCUT2D eigenvalue weighted by Crippen LogP contribution is -2.18. The molecule has 0 aliphatic carbocycles. The van der Waals surface area contributed by atoms with E-state index < -0.39 is 7.60 Å². The SMILES string of the molecule is CCOP(=O)(CC)OCC=CC(=O)c1cc(C(C)(C)C)c(O)c(C(C)(C)C)c1. The number of allylic oxidation sites excluding steroid dienone is 1. The highest BCUT2D eigenvalue weighted by atomic mass is 31.2. The van der Waals surface area contributed by atoms with Crippen molar-refractivity contribution in [2.45, 2.75) is 66.2 Å². The average Bonchev–Trinajstić information content (AvgIpc) is 2.57. The van der Waals surface area contributed by atoms with Crippen molar-refractivity contribution in [1.29, 1.82) is 0 Å². The molecule has 6 heteroatoms. The minimum Gasteiger partial charge on any atom is -0.507 e. The van der Waals surface area contributed by atoms with Crippen LogP contribution in [-0.2, 0) is 24.4 Å². The highest BCUT2D eigenvalue weighted by Crippen LogP contribution is 2.47. The number of hydrogen-bond acceptors (Lipinski definition) is 5. The summed E-state index contributed by atoms with van der Waals surface area (Å²) in [5.74, 6) is 0.0480. The Morgan fingerprint density at radius 1 is 1.04 bits per heavy atom. The van der Waals surface area contributed by atoms with Crippen LogP contribution in [0.4, 0.5) is 0 Å². The summed E-state index contributed by atoms with van der Waals surface area (Å²) in [6.45, 7) is 15.9. The van der Waals surface area contributed by atoms with Crippen LogP contribution in [0.3, 0.4) is 0 Å². The number of hydrogen-bond donors (Lipinski definition) is 1. The van der Waals surface area contributed by atoms with Crippen LogP contribution in [-0.4, -0.2) is 30.3 Å². The molecule has 5 nitrogen and oxygen atoms in total. The normalized spacial score (nSPS) is 15.0. The van der Waals surface area contributed by atoms with Crippen molar-refractivity contribution in [3.05, 3.63) is 41.0 Å². The van der Waals surface area contributed by atoms with Crippen molar-refractivity contribution in [3.8, 4) is 5.75 Å². The molecule has 1 unspecified atom stereocenters. The van der Waals surface area contributed by atoms with Gasteiger partial charge in [-0.15, -0.1) is 0 Å². The van der Waals surface area contributed by atoms with Crippen molar-refractivity contribution in [2.75, 3.05) is 19.4 Å². The van der Waals surface area contributed by atoms with Gasteiger partial charge < -0.3 is 14.2 Å². The van der Waals surface area contributed by atoms with Crippen molar-refractivity contribution >= 4 is 13.4 Å². The van der Waals surface area contributed by atoms with Gasteiger partial charge in [-0.2, -0.15) is 0 Å². The van der Waals surface area contributed by atoms with Gasteiger partial charge in [0.15, 0.2) is 5.78 Å². The van der Waals surface area contributed by atoms with Crippen LogP contribution < -0.4 is 0 Å². The first-order chi connectivity index (χ1) is 12.7. The average molecular weight is 410 g/mol. The van der Waals surface area contributed by atoms with Crippen molar-refractivity contribution in [1.82, 2.24) is 0 Å². The molecule has 158 valence electrons. The van der Waals surface area contributed by atoms with Gasteiger partial charge in [-0.05, 0) is 36.0 Å². The van der Waals surface area contributed by atoms with Gasteiger partial charge in [-0.1, -0.05) is 54.5 Å². The minimum absolute atomic E-state index is 0.0349. The molecule has 1 aromatic rings. The topological polar surface area (TPSA) is 72.8 Å². The molecular formula is C22H35O5P. The highest BCUT2D eigenvalue weighted by molar-refractivity contribution is 7.53. The molecule has 1 rings (SSSR count). The van der Waals surface area contributed by atoms with Crippen LogP contribution in [0, 0.1) is 0 Å². The molecule has 0 amide bonds.